The summed E-state index contributed by atoms with van der Waals surface area (Å²) in [5.74, 6) is 0.500. The molecule has 1 fully saturated rings. The molecule has 0 unspecified atom stereocenters. The molecule has 23 heavy (non-hydrogen) atoms. The molecule has 6 heteroatoms. The SMILES string of the molecule is COc1ccc(NC(=O)C2CCCCC2)c(NC(=O)CCN)c1. The van der Waals surface area contributed by atoms with Crippen LogP contribution in [-0.4, -0.2) is 25.5 Å². The van der Waals surface area contributed by atoms with Gasteiger partial charge in [0.2, 0.25) is 11.8 Å². The molecule has 2 rings (SSSR count). The van der Waals surface area contributed by atoms with E-state index in [2.05, 4.69) is 10.6 Å². The minimum absolute atomic E-state index is 0.0178. The van der Waals surface area contributed by atoms with Gasteiger partial charge in [-0.25, -0.2) is 0 Å². The van der Waals surface area contributed by atoms with Crippen LogP contribution in [0.2, 0.25) is 0 Å². The van der Waals surface area contributed by atoms with Crippen molar-refractivity contribution < 1.29 is 14.3 Å². The Bertz CT molecular complexity index is 554. The quantitative estimate of drug-likeness (QED) is 0.751. The van der Waals surface area contributed by atoms with Crippen molar-refractivity contribution in [3.05, 3.63) is 18.2 Å². The van der Waals surface area contributed by atoms with E-state index >= 15 is 0 Å². The summed E-state index contributed by atoms with van der Waals surface area (Å²) in [5, 5.41) is 5.72. The van der Waals surface area contributed by atoms with Crippen molar-refractivity contribution in [1.29, 1.82) is 0 Å². The number of benzene rings is 1. The van der Waals surface area contributed by atoms with Gasteiger partial charge in [-0.2, -0.15) is 0 Å². The van der Waals surface area contributed by atoms with Gasteiger partial charge in [-0.3, -0.25) is 9.59 Å². The molecule has 1 aromatic rings. The number of carbonyl (C=O) groups is 2. The minimum atomic E-state index is -0.186. The van der Waals surface area contributed by atoms with Crippen LogP contribution < -0.4 is 21.1 Å². The molecule has 0 aliphatic heterocycles. The highest BCUT2D eigenvalue weighted by Gasteiger charge is 2.22. The summed E-state index contributed by atoms with van der Waals surface area (Å²) < 4.78 is 5.18. The molecule has 0 radical (unpaired) electrons. The molecule has 6 nitrogen and oxygen atoms in total. The zero-order valence-corrected chi connectivity index (χ0v) is 13.6. The van der Waals surface area contributed by atoms with Crippen LogP contribution in [0.3, 0.4) is 0 Å². The lowest BCUT2D eigenvalue weighted by molar-refractivity contribution is -0.120. The highest BCUT2D eigenvalue weighted by molar-refractivity contribution is 6.00. The Morgan fingerprint density at radius 2 is 1.91 bits per heavy atom. The van der Waals surface area contributed by atoms with E-state index in [9.17, 15) is 9.59 Å². The molecule has 2 amide bonds. The largest absolute Gasteiger partial charge is 0.497 e. The fourth-order valence-corrected chi connectivity index (χ4v) is 2.81. The maximum absolute atomic E-state index is 12.4. The summed E-state index contributed by atoms with van der Waals surface area (Å²) in [7, 11) is 1.56. The van der Waals surface area contributed by atoms with Crippen molar-refractivity contribution in [1.82, 2.24) is 0 Å². The molecule has 1 aliphatic carbocycles. The Labute approximate surface area is 136 Å². The molecule has 4 N–H and O–H groups in total. The first-order valence-electron chi connectivity index (χ1n) is 8.13. The Morgan fingerprint density at radius 3 is 2.57 bits per heavy atom. The van der Waals surface area contributed by atoms with Gasteiger partial charge in [0.15, 0.2) is 0 Å². The zero-order valence-electron chi connectivity index (χ0n) is 13.6. The van der Waals surface area contributed by atoms with E-state index in [4.69, 9.17) is 10.5 Å². The summed E-state index contributed by atoms with van der Waals surface area (Å²) in [6, 6.07) is 5.21. The number of nitrogens with one attached hydrogen (secondary N) is 2. The molecule has 0 aromatic heterocycles. The highest BCUT2D eigenvalue weighted by atomic mass is 16.5. The third kappa shape index (κ3) is 4.96. The third-order valence-corrected chi connectivity index (χ3v) is 4.11. The Hall–Kier alpha value is -2.08. The minimum Gasteiger partial charge on any atom is -0.497 e. The lowest BCUT2D eigenvalue weighted by atomic mass is 9.88. The molecular weight excluding hydrogens is 294 g/mol. The van der Waals surface area contributed by atoms with E-state index in [1.165, 1.54) is 6.42 Å². The van der Waals surface area contributed by atoms with Crippen LogP contribution in [0.5, 0.6) is 5.75 Å². The van der Waals surface area contributed by atoms with Gasteiger partial charge in [-0.15, -0.1) is 0 Å². The maximum atomic E-state index is 12.4. The molecule has 0 heterocycles. The van der Waals surface area contributed by atoms with Gasteiger partial charge in [0, 0.05) is 24.9 Å². The van der Waals surface area contributed by atoms with Gasteiger partial charge in [-0.05, 0) is 25.0 Å². The first-order chi connectivity index (χ1) is 11.1. The van der Waals surface area contributed by atoms with Crippen molar-refractivity contribution in [3.63, 3.8) is 0 Å². The van der Waals surface area contributed by atoms with Gasteiger partial charge >= 0.3 is 0 Å². The predicted molar refractivity (Wildman–Crippen MR) is 90.5 cm³/mol. The number of anilines is 2. The van der Waals surface area contributed by atoms with E-state index in [0.717, 1.165) is 25.7 Å². The number of carbonyl (C=O) groups excluding carboxylic acids is 2. The molecule has 1 aromatic carbocycles. The number of hydrogen-bond donors (Lipinski definition) is 3. The van der Waals surface area contributed by atoms with Crippen LogP contribution in [0.25, 0.3) is 0 Å². The van der Waals surface area contributed by atoms with Crippen molar-refractivity contribution in [2.24, 2.45) is 11.7 Å². The van der Waals surface area contributed by atoms with E-state index < -0.39 is 0 Å². The standard InChI is InChI=1S/C17H25N3O3/c1-23-13-7-8-14(15(11-13)19-16(21)9-10-18)20-17(22)12-5-3-2-4-6-12/h7-8,11-12H,2-6,9-10,18H2,1H3,(H,19,21)(H,20,22). The van der Waals surface area contributed by atoms with Gasteiger partial charge in [0.25, 0.3) is 0 Å². The number of nitrogens with two attached hydrogens (primary N) is 1. The van der Waals surface area contributed by atoms with Crippen molar-refractivity contribution >= 4 is 23.2 Å². The number of amides is 2. The lowest BCUT2D eigenvalue weighted by Gasteiger charge is -2.22. The van der Waals surface area contributed by atoms with Crippen molar-refractivity contribution in [2.75, 3.05) is 24.3 Å². The smallest absolute Gasteiger partial charge is 0.227 e. The van der Waals surface area contributed by atoms with Crippen LogP contribution in [0, 0.1) is 5.92 Å². The average molecular weight is 319 g/mol. The van der Waals surface area contributed by atoms with E-state index in [-0.39, 0.29) is 30.7 Å². The van der Waals surface area contributed by atoms with Crippen molar-refractivity contribution in [3.8, 4) is 5.75 Å². The lowest BCUT2D eigenvalue weighted by Crippen LogP contribution is -2.25. The molecule has 0 bridgehead atoms. The van der Waals surface area contributed by atoms with E-state index in [1.807, 2.05) is 0 Å². The number of rotatable bonds is 6. The number of methoxy groups -OCH3 is 1. The summed E-state index contributed by atoms with van der Waals surface area (Å²) in [4.78, 5) is 24.2. The normalized spacial score (nSPS) is 15.0. The summed E-state index contributed by atoms with van der Waals surface area (Å²) in [6.45, 7) is 0.277. The Kier molecular flexibility index (Phi) is 6.40. The first-order valence-corrected chi connectivity index (χ1v) is 8.13. The molecular formula is C17H25N3O3. The topological polar surface area (TPSA) is 93.5 Å². The molecule has 0 atom stereocenters. The monoisotopic (exact) mass is 319 g/mol. The predicted octanol–water partition coefficient (Wildman–Crippen LogP) is 2.50. The fourth-order valence-electron chi connectivity index (χ4n) is 2.81. The van der Waals surface area contributed by atoms with Gasteiger partial charge < -0.3 is 21.1 Å². The Morgan fingerprint density at radius 1 is 1.17 bits per heavy atom. The summed E-state index contributed by atoms with van der Waals surface area (Å²) >= 11 is 0. The first kappa shape index (κ1) is 17.3. The van der Waals surface area contributed by atoms with Crippen LogP contribution in [0.4, 0.5) is 11.4 Å². The Balaban J connectivity index is 2.12. The van der Waals surface area contributed by atoms with Crippen LogP contribution in [-0.2, 0) is 9.59 Å². The zero-order chi connectivity index (χ0) is 16.7. The van der Waals surface area contributed by atoms with Crippen LogP contribution in [0.1, 0.15) is 38.5 Å². The van der Waals surface area contributed by atoms with Crippen LogP contribution >= 0.6 is 0 Å². The van der Waals surface area contributed by atoms with Gasteiger partial charge in [0.05, 0.1) is 18.5 Å². The van der Waals surface area contributed by atoms with Crippen molar-refractivity contribution in [2.45, 2.75) is 38.5 Å². The van der Waals surface area contributed by atoms with E-state index in [0.29, 0.717) is 17.1 Å². The van der Waals surface area contributed by atoms with Gasteiger partial charge in [-0.1, -0.05) is 19.3 Å². The third-order valence-electron chi connectivity index (χ3n) is 4.11. The second kappa shape index (κ2) is 8.53. The number of hydrogen-bond acceptors (Lipinski definition) is 4. The molecule has 0 saturated heterocycles. The molecule has 1 aliphatic rings. The number of ether oxygens (including phenoxy) is 1. The second-order valence-electron chi connectivity index (χ2n) is 5.82. The summed E-state index contributed by atoms with van der Waals surface area (Å²) in [6.07, 6.45) is 5.48. The molecule has 126 valence electrons. The molecule has 0 spiro atoms. The molecule has 1 saturated carbocycles. The summed E-state index contributed by atoms with van der Waals surface area (Å²) in [5.41, 5.74) is 6.52. The highest BCUT2D eigenvalue weighted by Crippen LogP contribution is 2.30. The van der Waals surface area contributed by atoms with Gasteiger partial charge in [0.1, 0.15) is 5.75 Å². The second-order valence-corrected chi connectivity index (χ2v) is 5.82. The fraction of sp³-hybridized carbons (Fsp3) is 0.529. The average Bonchev–Trinajstić information content (AvgIpc) is 2.57. The maximum Gasteiger partial charge on any atom is 0.227 e. The van der Waals surface area contributed by atoms with E-state index in [1.54, 1.807) is 25.3 Å². The van der Waals surface area contributed by atoms with Crippen LogP contribution in [0.15, 0.2) is 18.2 Å².